The van der Waals surface area contributed by atoms with Crippen LogP contribution in [0.3, 0.4) is 0 Å². The summed E-state index contributed by atoms with van der Waals surface area (Å²) < 4.78 is 2.41. The summed E-state index contributed by atoms with van der Waals surface area (Å²) in [6.07, 6.45) is 22.3. The van der Waals surface area contributed by atoms with E-state index in [1.807, 2.05) is 0 Å². The average Bonchev–Trinajstić information content (AvgIpc) is 3.29. The van der Waals surface area contributed by atoms with Gasteiger partial charge in [0.05, 0.1) is 5.69 Å². The number of nitrogens with zero attached hydrogens (tertiary/aromatic N) is 2. The van der Waals surface area contributed by atoms with Crippen molar-refractivity contribution in [2.24, 2.45) is 0 Å². The van der Waals surface area contributed by atoms with E-state index in [4.69, 9.17) is 4.98 Å². The van der Waals surface area contributed by atoms with E-state index in [1.165, 1.54) is 93.9 Å². The minimum absolute atomic E-state index is 1.04. The van der Waals surface area contributed by atoms with Gasteiger partial charge in [0.2, 0.25) is 0 Å². The molecule has 1 aromatic heterocycles. The maximum absolute atomic E-state index is 5.05. The van der Waals surface area contributed by atoms with Crippen LogP contribution in [0, 0.1) is 0 Å². The predicted octanol–water partition coefficient (Wildman–Crippen LogP) is 9.43. The van der Waals surface area contributed by atoms with Crippen molar-refractivity contribution in [2.75, 3.05) is 0 Å². The Kier molecular flexibility index (Phi) is 12.6. The average molecular weight is 459 g/mol. The molecule has 0 radical (unpaired) electrons. The predicted molar refractivity (Wildman–Crippen MR) is 147 cm³/mol. The van der Waals surface area contributed by atoms with Gasteiger partial charge in [0.15, 0.2) is 0 Å². The van der Waals surface area contributed by atoms with Crippen molar-refractivity contribution in [3.8, 4) is 11.4 Å². The third kappa shape index (κ3) is 9.87. The first-order valence-electron chi connectivity index (χ1n) is 14.0. The Morgan fingerprint density at radius 1 is 0.588 bits per heavy atom. The summed E-state index contributed by atoms with van der Waals surface area (Å²) in [7, 11) is 0. The Balaban J connectivity index is 1.39. The van der Waals surface area contributed by atoms with Gasteiger partial charge in [-0.2, -0.15) is 0 Å². The molecule has 0 aliphatic heterocycles. The van der Waals surface area contributed by atoms with Crippen LogP contribution in [0.1, 0.15) is 102 Å². The molecular weight excluding hydrogens is 412 g/mol. The lowest BCUT2D eigenvalue weighted by Gasteiger charge is -2.08. The molecule has 3 rings (SSSR count). The highest BCUT2D eigenvalue weighted by Crippen LogP contribution is 2.21. The van der Waals surface area contributed by atoms with Crippen LogP contribution in [0.2, 0.25) is 0 Å². The van der Waals surface area contributed by atoms with Crippen LogP contribution < -0.4 is 0 Å². The number of aromatic nitrogens is 2. The number of unbranched alkanes of at least 4 members (excludes halogenated alkanes) is 11. The molecule has 0 bridgehead atoms. The van der Waals surface area contributed by atoms with Crippen molar-refractivity contribution in [1.82, 2.24) is 9.55 Å². The van der Waals surface area contributed by atoms with Crippen LogP contribution in [0.5, 0.6) is 0 Å². The van der Waals surface area contributed by atoms with Crippen LogP contribution in [-0.2, 0) is 19.4 Å². The molecule has 0 unspecified atom stereocenters. The van der Waals surface area contributed by atoms with E-state index in [1.54, 1.807) is 0 Å². The molecule has 34 heavy (non-hydrogen) atoms. The van der Waals surface area contributed by atoms with Crippen LogP contribution in [-0.4, -0.2) is 9.55 Å². The molecule has 2 heteroatoms. The first-order valence-corrected chi connectivity index (χ1v) is 14.0. The molecule has 184 valence electrons. The van der Waals surface area contributed by atoms with Crippen LogP contribution >= 0.6 is 0 Å². The molecule has 0 amide bonds. The zero-order valence-electron chi connectivity index (χ0n) is 21.6. The molecule has 0 saturated heterocycles. The fourth-order valence-corrected chi connectivity index (χ4v) is 4.82. The molecular formula is C32H46N2. The number of benzene rings is 2. The highest BCUT2D eigenvalue weighted by molar-refractivity contribution is 5.55. The second-order valence-electron chi connectivity index (χ2n) is 9.84. The number of rotatable bonds is 18. The summed E-state index contributed by atoms with van der Waals surface area (Å²) in [5.41, 5.74) is 3.88. The number of hydrogen-bond donors (Lipinski definition) is 0. The summed E-state index contributed by atoms with van der Waals surface area (Å²) >= 11 is 0. The van der Waals surface area contributed by atoms with Crippen LogP contribution in [0.4, 0.5) is 0 Å². The topological polar surface area (TPSA) is 17.8 Å². The molecule has 1 heterocycles. The Bertz CT molecular complexity index is 882. The highest BCUT2D eigenvalue weighted by atomic mass is 15.1. The fraction of sp³-hybridized carbons (Fsp3) is 0.531. The normalized spacial score (nSPS) is 11.2. The largest absolute Gasteiger partial charge is 0.331 e. The monoisotopic (exact) mass is 458 g/mol. The maximum Gasteiger partial charge on any atom is 0.140 e. The molecule has 0 saturated carbocycles. The van der Waals surface area contributed by atoms with Crippen molar-refractivity contribution >= 4 is 0 Å². The van der Waals surface area contributed by atoms with E-state index in [0.717, 1.165) is 31.6 Å². The second kappa shape index (κ2) is 16.3. The van der Waals surface area contributed by atoms with Crippen molar-refractivity contribution < 1.29 is 0 Å². The SMILES string of the molecule is CCCCCCCCCCCCCCn1cc(CCCc2ccccc2)nc1-c1ccccc1. The van der Waals surface area contributed by atoms with E-state index in [0.29, 0.717) is 0 Å². The third-order valence-corrected chi connectivity index (χ3v) is 6.85. The summed E-state index contributed by atoms with van der Waals surface area (Å²) in [6.45, 7) is 3.37. The summed E-state index contributed by atoms with van der Waals surface area (Å²) in [4.78, 5) is 5.05. The minimum atomic E-state index is 1.04. The van der Waals surface area contributed by atoms with Gasteiger partial charge in [-0.1, -0.05) is 138 Å². The molecule has 3 aromatic rings. The van der Waals surface area contributed by atoms with Gasteiger partial charge in [-0.05, 0) is 31.2 Å². The van der Waals surface area contributed by atoms with E-state index in [2.05, 4.69) is 78.4 Å². The van der Waals surface area contributed by atoms with E-state index < -0.39 is 0 Å². The van der Waals surface area contributed by atoms with Gasteiger partial charge in [0.25, 0.3) is 0 Å². The van der Waals surface area contributed by atoms with Gasteiger partial charge in [-0.3, -0.25) is 0 Å². The highest BCUT2D eigenvalue weighted by Gasteiger charge is 2.10. The van der Waals surface area contributed by atoms with E-state index in [9.17, 15) is 0 Å². The lowest BCUT2D eigenvalue weighted by molar-refractivity contribution is 0.529. The number of hydrogen-bond acceptors (Lipinski definition) is 1. The van der Waals surface area contributed by atoms with Crippen molar-refractivity contribution in [2.45, 2.75) is 110 Å². The Morgan fingerprint density at radius 3 is 1.76 bits per heavy atom. The molecule has 0 aliphatic carbocycles. The minimum Gasteiger partial charge on any atom is -0.331 e. The zero-order valence-corrected chi connectivity index (χ0v) is 21.6. The summed E-state index contributed by atoms with van der Waals surface area (Å²) in [6, 6.07) is 21.5. The fourth-order valence-electron chi connectivity index (χ4n) is 4.82. The Labute approximate surface area is 208 Å². The Morgan fingerprint density at radius 2 is 1.15 bits per heavy atom. The van der Waals surface area contributed by atoms with E-state index in [-0.39, 0.29) is 0 Å². The first-order chi connectivity index (χ1) is 16.9. The first kappa shape index (κ1) is 26.3. The molecule has 2 aromatic carbocycles. The quantitative estimate of drug-likeness (QED) is 0.174. The molecule has 0 N–H and O–H groups in total. The van der Waals surface area contributed by atoms with Crippen molar-refractivity contribution in [3.05, 3.63) is 78.1 Å². The number of imidazole rings is 1. The lowest BCUT2D eigenvalue weighted by atomic mass is 10.1. The van der Waals surface area contributed by atoms with Crippen molar-refractivity contribution in [3.63, 3.8) is 0 Å². The van der Waals surface area contributed by atoms with E-state index >= 15 is 0 Å². The van der Waals surface area contributed by atoms with Crippen molar-refractivity contribution in [1.29, 1.82) is 0 Å². The zero-order chi connectivity index (χ0) is 23.7. The molecule has 0 fully saturated rings. The number of aryl methyl sites for hydroxylation is 3. The van der Waals surface area contributed by atoms with Gasteiger partial charge >= 0.3 is 0 Å². The molecule has 0 aliphatic rings. The van der Waals surface area contributed by atoms with Gasteiger partial charge in [-0.25, -0.2) is 4.98 Å². The summed E-state index contributed by atoms with van der Waals surface area (Å²) in [5, 5.41) is 0. The molecule has 0 spiro atoms. The standard InChI is InChI=1S/C32H46N2/c1-2-3-4-5-6-7-8-9-10-11-12-19-27-34-28-31(26-20-23-29-21-15-13-16-22-29)33-32(34)30-24-17-14-18-25-30/h13-18,21-22,24-25,28H,2-12,19-20,23,26-27H2,1H3. The van der Waals surface area contributed by atoms with Crippen LogP contribution in [0.15, 0.2) is 66.9 Å². The Hall–Kier alpha value is -2.35. The van der Waals surface area contributed by atoms with Gasteiger partial charge in [0.1, 0.15) is 5.82 Å². The smallest absolute Gasteiger partial charge is 0.140 e. The lowest BCUT2D eigenvalue weighted by Crippen LogP contribution is -1.99. The third-order valence-electron chi connectivity index (χ3n) is 6.85. The maximum atomic E-state index is 5.05. The molecule has 2 nitrogen and oxygen atoms in total. The second-order valence-corrected chi connectivity index (χ2v) is 9.84. The van der Waals surface area contributed by atoms with Gasteiger partial charge in [0, 0.05) is 18.3 Å². The molecule has 0 atom stereocenters. The van der Waals surface area contributed by atoms with Gasteiger partial charge < -0.3 is 4.57 Å². The van der Waals surface area contributed by atoms with Gasteiger partial charge in [-0.15, -0.1) is 0 Å². The summed E-state index contributed by atoms with van der Waals surface area (Å²) in [5.74, 6) is 1.14. The van der Waals surface area contributed by atoms with Crippen LogP contribution in [0.25, 0.3) is 11.4 Å².